The highest BCUT2D eigenvalue weighted by molar-refractivity contribution is 6.40. The fraction of sp³-hybridized carbons (Fsp3) is 0.348. The molecule has 0 atom stereocenters. The lowest BCUT2D eigenvalue weighted by Gasteiger charge is -2.22. The molecular formula is C23H25N3O5. The molecule has 0 saturated heterocycles. The van der Waals surface area contributed by atoms with Crippen LogP contribution in [0.3, 0.4) is 0 Å². The minimum Gasteiger partial charge on any atom is -0.454 e. The maximum Gasteiger partial charge on any atom is 0.313 e. The van der Waals surface area contributed by atoms with Crippen molar-refractivity contribution in [3.63, 3.8) is 0 Å². The molecule has 2 aromatic rings. The van der Waals surface area contributed by atoms with Gasteiger partial charge in [-0.3, -0.25) is 14.4 Å². The van der Waals surface area contributed by atoms with E-state index in [1.54, 1.807) is 30.3 Å². The number of amides is 3. The summed E-state index contributed by atoms with van der Waals surface area (Å²) in [4.78, 5) is 37.3. The molecule has 0 radical (unpaired) electrons. The summed E-state index contributed by atoms with van der Waals surface area (Å²) in [5.74, 6) is -0.497. The zero-order valence-corrected chi connectivity index (χ0v) is 17.1. The van der Waals surface area contributed by atoms with Gasteiger partial charge in [-0.1, -0.05) is 37.5 Å². The summed E-state index contributed by atoms with van der Waals surface area (Å²) in [6.07, 6.45) is 5.04. The van der Waals surface area contributed by atoms with Crippen molar-refractivity contribution >= 4 is 23.4 Å². The molecule has 4 rings (SSSR count). The van der Waals surface area contributed by atoms with Gasteiger partial charge in [-0.15, -0.1) is 0 Å². The maximum atomic E-state index is 12.7. The van der Waals surface area contributed by atoms with Gasteiger partial charge in [0, 0.05) is 12.6 Å². The predicted octanol–water partition coefficient (Wildman–Crippen LogP) is 2.73. The summed E-state index contributed by atoms with van der Waals surface area (Å²) in [5.41, 5.74) is 1.42. The van der Waals surface area contributed by atoms with Crippen LogP contribution in [0.15, 0.2) is 42.5 Å². The molecule has 2 aliphatic rings. The second-order valence-electron chi connectivity index (χ2n) is 7.68. The highest BCUT2D eigenvalue weighted by atomic mass is 16.7. The van der Waals surface area contributed by atoms with Crippen molar-refractivity contribution in [3.8, 4) is 11.5 Å². The van der Waals surface area contributed by atoms with Crippen molar-refractivity contribution in [1.29, 1.82) is 0 Å². The van der Waals surface area contributed by atoms with Crippen LogP contribution in [0.5, 0.6) is 11.5 Å². The van der Waals surface area contributed by atoms with Crippen molar-refractivity contribution in [3.05, 3.63) is 53.6 Å². The Balaban J connectivity index is 1.36. The number of fused-ring (bicyclic) bond motifs is 1. The summed E-state index contributed by atoms with van der Waals surface area (Å²) in [6.45, 7) is 0.465. The fourth-order valence-electron chi connectivity index (χ4n) is 3.80. The average molecular weight is 423 g/mol. The molecule has 2 aromatic carbocycles. The largest absolute Gasteiger partial charge is 0.454 e. The number of benzene rings is 2. The Kier molecular flexibility index (Phi) is 6.35. The van der Waals surface area contributed by atoms with Gasteiger partial charge < -0.3 is 25.4 Å². The first-order valence-corrected chi connectivity index (χ1v) is 10.5. The highest BCUT2D eigenvalue weighted by Crippen LogP contribution is 2.32. The minimum atomic E-state index is -0.776. The number of para-hydroxylation sites is 1. The Labute approximate surface area is 180 Å². The normalized spacial score (nSPS) is 15.2. The molecule has 0 aromatic heterocycles. The van der Waals surface area contributed by atoms with E-state index in [2.05, 4.69) is 16.0 Å². The Morgan fingerprint density at radius 3 is 2.52 bits per heavy atom. The standard InChI is InChI=1S/C23H25N3O5/c27-21(24-13-15-10-11-19-20(12-15)31-14-30-19)17-8-4-5-9-18(17)26-23(29)22(28)25-16-6-2-1-3-7-16/h4-5,8-12,16H,1-3,6-7,13-14H2,(H,24,27)(H,25,28)(H,26,29). The van der Waals surface area contributed by atoms with E-state index in [4.69, 9.17) is 9.47 Å². The number of ether oxygens (including phenoxy) is 2. The minimum absolute atomic E-state index is 0.0345. The fourth-order valence-corrected chi connectivity index (χ4v) is 3.80. The maximum absolute atomic E-state index is 12.7. The lowest BCUT2D eigenvalue weighted by Crippen LogP contribution is -2.42. The van der Waals surface area contributed by atoms with Crippen molar-refractivity contribution in [2.24, 2.45) is 0 Å². The van der Waals surface area contributed by atoms with Gasteiger partial charge >= 0.3 is 11.8 Å². The van der Waals surface area contributed by atoms with E-state index in [0.717, 1.165) is 37.7 Å². The van der Waals surface area contributed by atoms with Crippen LogP contribution < -0.4 is 25.4 Å². The molecule has 0 unspecified atom stereocenters. The van der Waals surface area contributed by atoms with Gasteiger partial charge in [-0.05, 0) is 42.7 Å². The quantitative estimate of drug-likeness (QED) is 0.642. The average Bonchev–Trinajstić information content (AvgIpc) is 3.26. The van der Waals surface area contributed by atoms with Crippen LogP contribution in [0.1, 0.15) is 48.0 Å². The summed E-state index contributed by atoms with van der Waals surface area (Å²) < 4.78 is 10.6. The topological polar surface area (TPSA) is 106 Å². The Morgan fingerprint density at radius 1 is 0.903 bits per heavy atom. The third-order valence-electron chi connectivity index (χ3n) is 5.46. The van der Waals surface area contributed by atoms with Crippen LogP contribution in [-0.2, 0) is 16.1 Å². The summed E-state index contributed by atoms with van der Waals surface area (Å²) in [5, 5.41) is 8.17. The van der Waals surface area contributed by atoms with Crippen molar-refractivity contribution < 1.29 is 23.9 Å². The predicted molar refractivity (Wildman–Crippen MR) is 114 cm³/mol. The van der Waals surface area contributed by atoms with Gasteiger partial charge in [-0.25, -0.2) is 0 Å². The Hall–Kier alpha value is -3.55. The van der Waals surface area contributed by atoms with Crippen molar-refractivity contribution in [2.45, 2.75) is 44.7 Å². The first kappa shape index (κ1) is 20.7. The number of rotatable bonds is 5. The molecule has 31 heavy (non-hydrogen) atoms. The van der Waals surface area contributed by atoms with Gasteiger partial charge in [0.05, 0.1) is 11.3 Å². The van der Waals surface area contributed by atoms with Gasteiger partial charge in [-0.2, -0.15) is 0 Å². The zero-order valence-electron chi connectivity index (χ0n) is 17.1. The van der Waals surface area contributed by atoms with Crippen molar-refractivity contribution in [2.75, 3.05) is 12.1 Å². The molecule has 1 aliphatic heterocycles. The Bertz CT molecular complexity index is 985. The second-order valence-corrected chi connectivity index (χ2v) is 7.68. The van der Waals surface area contributed by atoms with Gasteiger partial charge in [0.1, 0.15) is 0 Å². The van der Waals surface area contributed by atoms with Crippen LogP contribution >= 0.6 is 0 Å². The molecule has 1 aliphatic carbocycles. The third kappa shape index (κ3) is 5.14. The summed E-state index contributed by atoms with van der Waals surface area (Å²) in [7, 11) is 0. The Morgan fingerprint density at radius 2 is 1.68 bits per heavy atom. The molecule has 0 bridgehead atoms. The highest BCUT2D eigenvalue weighted by Gasteiger charge is 2.22. The number of carbonyl (C=O) groups excluding carboxylic acids is 3. The molecule has 1 fully saturated rings. The van der Waals surface area contributed by atoms with E-state index in [0.29, 0.717) is 11.5 Å². The van der Waals surface area contributed by atoms with E-state index in [-0.39, 0.29) is 36.5 Å². The van der Waals surface area contributed by atoms with Gasteiger partial charge in [0.2, 0.25) is 6.79 Å². The lowest BCUT2D eigenvalue weighted by atomic mass is 9.95. The van der Waals surface area contributed by atoms with Gasteiger partial charge in [0.15, 0.2) is 11.5 Å². The molecule has 3 N–H and O–H groups in total. The van der Waals surface area contributed by atoms with Crippen LogP contribution in [0.2, 0.25) is 0 Å². The van der Waals surface area contributed by atoms with E-state index < -0.39 is 11.8 Å². The smallest absolute Gasteiger partial charge is 0.313 e. The van der Waals surface area contributed by atoms with Crippen LogP contribution in [-0.4, -0.2) is 30.6 Å². The second kappa shape index (κ2) is 9.51. The number of anilines is 1. The molecule has 1 saturated carbocycles. The molecule has 162 valence electrons. The lowest BCUT2D eigenvalue weighted by molar-refractivity contribution is -0.136. The summed E-state index contributed by atoms with van der Waals surface area (Å²) >= 11 is 0. The summed E-state index contributed by atoms with van der Waals surface area (Å²) in [6, 6.07) is 12.1. The van der Waals surface area contributed by atoms with Crippen molar-refractivity contribution in [1.82, 2.24) is 10.6 Å². The monoisotopic (exact) mass is 423 g/mol. The number of hydrogen-bond donors (Lipinski definition) is 3. The number of nitrogens with one attached hydrogen (secondary N) is 3. The van der Waals surface area contributed by atoms with E-state index in [1.165, 1.54) is 0 Å². The first-order valence-electron chi connectivity index (χ1n) is 10.5. The SMILES string of the molecule is O=C(Nc1ccccc1C(=O)NCc1ccc2c(c1)OCO2)C(=O)NC1CCCCC1. The molecule has 3 amide bonds. The van der Waals surface area contributed by atoms with Crippen LogP contribution in [0.4, 0.5) is 5.69 Å². The zero-order chi connectivity index (χ0) is 21.6. The van der Waals surface area contributed by atoms with Crippen LogP contribution in [0.25, 0.3) is 0 Å². The first-order chi connectivity index (χ1) is 15.1. The third-order valence-corrected chi connectivity index (χ3v) is 5.46. The van der Waals surface area contributed by atoms with Crippen LogP contribution in [0, 0.1) is 0 Å². The molecule has 8 heteroatoms. The molecule has 1 heterocycles. The van der Waals surface area contributed by atoms with E-state index >= 15 is 0 Å². The molecular weight excluding hydrogens is 398 g/mol. The van der Waals surface area contributed by atoms with E-state index in [9.17, 15) is 14.4 Å². The molecule has 8 nitrogen and oxygen atoms in total. The number of carbonyl (C=O) groups is 3. The number of hydrogen-bond acceptors (Lipinski definition) is 5. The van der Waals surface area contributed by atoms with E-state index in [1.807, 2.05) is 12.1 Å². The molecule has 0 spiro atoms. The van der Waals surface area contributed by atoms with Gasteiger partial charge in [0.25, 0.3) is 5.91 Å².